The van der Waals surface area contributed by atoms with Crippen molar-refractivity contribution in [3.8, 4) is 22.9 Å². The summed E-state index contributed by atoms with van der Waals surface area (Å²) < 4.78 is 31.5. The highest BCUT2D eigenvalue weighted by Crippen LogP contribution is 2.34. The highest BCUT2D eigenvalue weighted by molar-refractivity contribution is 5.84. The molecule has 0 unspecified atom stereocenters. The summed E-state index contributed by atoms with van der Waals surface area (Å²) in [6.45, 7) is 3.83. The molecule has 7 nitrogen and oxygen atoms in total. The molecule has 0 saturated carbocycles. The third-order valence-corrected chi connectivity index (χ3v) is 4.67. The number of amides is 1. The van der Waals surface area contributed by atoms with Gasteiger partial charge in [-0.2, -0.15) is 5.10 Å². The number of halogens is 1. The molecule has 0 aliphatic carbocycles. The van der Waals surface area contributed by atoms with E-state index >= 15 is 0 Å². The fourth-order valence-electron chi connectivity index (χ4n) is 3.25. The average molecular weight is 409 g/mol. The lowest BCUT2D eigenvalue weighted by Gasteiger charge is -2.10. The lowest BCUT2D eigenvalue weighted by molar-refractivity contribution is -0.123. The molecule has 1 aromatic heterocycles. The summed E-state index contributed by atoms with van der Waals surface area (Å²) in [5.41, 5.74) is 6.13. The molecule has 1 amide bonds. The zero-order chi connectivity index (χ0) is 21.1. The van der Waals surface area contributed by atoms with Crippen molar-refractivity contribution in [3.63, 3.8) is 0 Å². The molecule has 4 rings (SSSR count). The topological polar surface area (TPSA) is 74.1 Å². The molecule has 0 spiro atoms. The maximum atomic E-state index is 13.5. The average Bonchev–Trinajstić information content (AvgIpc) is 3.31. The van der Waals surface area contributed by atoms with Crippen molar-refractivity contribution in [1.29, 1.82) is 0 Å². The predicted molar refractivity (Wildman–Crippen MR) is 109 cm³/mol. The molecule has 0 radical (unpaired) electrons. The summed E-state index contributed by atoms with van der Waals surface area (Å²) in [5.74, 6) is 0.438. The monoisotopic (exact) mass is 409 g/mol. The first kappa shape index (κ1) is 19.5. The van der Waals surface area contributed by atoms with Gasteiger partial charge in [0.1, 0.15) is 0 Å². The van der Waals surface area contributed by atoms with Gasteiger partial charge in [0, 0.05) is 28.7 Å². The Morgan fingerprint density at radius 1 is 1.20 bits per heavy atom. The number of carbonyl (C=O) groups is 1. The van der Waals surface area contributed by atoms with Crippen molar-refractivity contribution in [2.45, 2.75) is 13.8 Å². The molecule has 154 valence electrons. The zero-order valence-corrected chi connectivity index (χ0v) is 16.5. The molecule has 2 aromatic carbocycles. The summed E-state index contributed by atoms with van der Waals surface area (Å²) in [7, 11) is 0. The van der Waals surface area contributed by atoms with Crippen LogP contribution < -0.4 is 19.6 Å². The number of carbonyl (C=O) groups excluding carboxylic acids is 1. The number of nitrogens with zero attached hydrogens (tertiary/aromatic N) is 2. The van der Waals surface area contributed by atoms with Gasteiger partial charge < -0.3 is 18.8 Å². The highest BCUT2D eigenvalue weighted by Gasteiger charge is 2.16. The number of fused-ring (bicyclic) bond motifs is 1. The van der Waals surface area contributed by atoms with Crippen LogP contribution in [-0.4, -0.2) is 30.1 Å². The Morgan fingerprint density at radius 2 is 2.00 bits per heavy atom. The minimum Gasteiger partial charge on any atom is -0.481 e. The van der Waals surface area contributed by atoms with E-state index in [2.05, 4.69) is 15.1 Å². The van der Waals surface area contributed by atoms with E-state index in [1.54, 1.807) is 18.3 Å². The summed E-state index contributed by atoms with van der Waals surface area (Å²) in [6, 6.07) is 13.6. The van der Waals surface area contributed by atoms with E-state index < -0.39 is 11.7 Å². The molecule has 1 N–H and O–H groups in total. The second-order valence-electron chi connectivity index (χ2n) is 6.71. The van der Waals surface area contributed by atoms with E-state index in [0.717, 1.165) is 28.4 Å². The van der Waals surface area contributed by atoms with Gasteiger partial charge in [-0.05, 0) is 44.2 Å². The number of hydrazone groups is 1. The van der Waals surface area contributed by atoms with Crippen LogP contribution >= 0.6 is 0 Å². The van der Waals surface area contributed by atoms with Crippen LogP contribution in [0.5, 0.6) is 17.2 Å². The molecule has 1 aliphatic heterocycles. The van der Waals surface area contributed by atoms with E-state index in [0.29, 0.717) is 5.75 Å². The first-order valence-corrected chi connectivity index (χ1v) is 9.31. The van der Waals surface area contributed by atoms with Crippen molar-refractivity contribution in [1.82, 2.24) is 9.99 Å². The third kappa shape index (κ3) is 3.98. The van der Waals surface area contributed by atoms with Crippen LogP contribution in [0, 0.1) is 19.7 Å². The lowest BCUT2D eigenvalue weighted by atomic mass is 10.2. The quantitative estimate of drug-likeness (QED) is 0.500. The molecule has 2 heterocycles. The largest absolute Gasteiger partial charge is 0.481 e. The van der Waals surface area contributed by atoms with E-state index in [9.17, 15) is 9.18 Å². The van der Waals surface area contributed by atoms with Gasteiger partial charge in [-0.3, -0.25) is 4.79 Å². The van der Waals surface area contributed by atoms with E-state index in [-0.39, 0.29) is 19.1 Å². The number of aryl methyl sites for hydroxylation is 1. The van der Waals surface area contributed by atoms with Crippen LogP contribution in [0.3, 0.4) is 0 Å². The number of ether oxygens (including phenoxy) is 3. The number of hydrogen-bond acceptors (Lipinski definition) is 5. The number of hydrogen-bond donors (Lipinski definition) is 1. The fourth-order valence-corrected chi connectivity index (χ4v) is 3.25. The van der Waals surface area contributed by atoms with Gasteiger partial charge in [0.15, 0.2) is 29.7 Å². The lowest BCUT2D eigenvalue weighted by Crippen LogP contribution is -2.24. The maximum absolute atomic E-state index is 13.5. The number of rotatable bonds is 6. The van der Waals surface area contributed by atoms with Crippen LogP contribution in [0.4, 0.5) is 4.39 Å². The zero-order valence-electron chi connectivity index (χ0n) is 16.5. The minimum absolute atomic E-state index is 0.0175. The van der Waals surface area contributed by atoms with Gasteiger partial charge in [0.2, 0.25) is 6.79 Å². The molecular weight excluding hydrogens is 389 g/mol. The maximum Gasteiger partial charge on any atom is 0.277 e. The number of nitrogens with one attached hydrogen (secondary N) is 1. The Morgan fingerprint density at radius 3 is 2.83 bits per heavy atom. The second-order valence-corrected chi connectivity index (χ2v) is 6.71. The number of aromatic nitrogens is 1. The molecular formula is C22H20FN3O4. The van der Waals surface area contributed by atoms with Crippen LogP contribution in [0.2, 0.25) is 0 Å². The summed E-state index contributed by atoms with van der Waals surface area (Å²) >= 11 is 0. The smallest absolute Gasteiger partial charge is 0.277 e. The summed E-state index contributed by atoms with van der Waals surface area (Å²) in [4.78, 5) is 11.9. The van der Waals surface area contributed by atoms with Crippen molar-refractivity contribution < 1.29 is 23.4 Å². The predicted octanol–water partition coefficient (Wildman–Crippen LogP) is 3.49. The van der Waals surface area contributed by atoms with Crippen LogP contribution in [0.15, 0.2) is 53.6 Å². The van der Waals surface area contributed by atoms with Gasteiger partial charge in [-0.1, -0.05) is 12.1 Å². The first-order chi connectivity index (χ1) is 14.5. The molecule has 1 aliphatic rings. The van der Waals surface area contributed by atoms with Gasteiger partial charge >= 0.3 is 0 Å². The molecule has 0 fully saturated rings. The Hall–Kier alpha value is -3.81. The fraction of sp³-hybridized carbons (Fsp3) is 0.182. The van der Waals surface area contributed by atoms with Crippen molar-refractivity contribution in [2.24, 2.45) is 5.10 Å². The standard InChI is InChI=1S/C22H20FN3O4/c1-14-9-16(11-24-25-22(27)12-28-19-6-4-3-5-18(19)23)15(2)26(14)17-7-8-20-21(10-17)30-13-29-20/h3-11H,12-13H2,1-2H3,(H,25,27)/b24-11-. The van der Waals surface area contributed by atoms with Gasteiger partial charge in [0.25, 0.3) is 5.91 Å². The van der Waals surface area contributed by atoms with Crippen LogP contribution in [0.1, 0.15) is 17.0 Å². The summed E-state index contributed by atoms with van der Waals surface area (Å²) in [5, 5.41) is 3.99. The van der Waals surface area contributed by atoms with E-state index in [1.165, 1.54) is 12.1 Å². The molecule has 0 bridgehead atoms. The van der Waals surface area contributed by atoms with E-state index in [4.69, 9.17) is 14.2 Å². The van der Waals surface area contributed by atoms with E-state index in [1.807, 2.05) is 38.1 Å². The first-order valence-electron chi connectivity index (χ1n) is 9.31. The molecule has 0 saturated heterocycles. The Kier molecular flexibility index (Phi) is 5.38. The molecule has 30 heavy (non-hydrogen) atoms. The van der Waals surface area contributed by atoms with Crippen molar-refractivity contribution >= 4 is 12.1 Å². The Labute approximate surface area is 172 Å². The van der Waals surface area contributed by atoms with Crippen LogP contribution in [-0.2, 0) is 4.79 Å². The summed E-state index contributed by atoms with van der Waals surface area (Å²) in [6.07, 6.45) is 1.56. The highest BCUT2D eigenvalue weighted by atomic mass is 19.1. The minimum atomic E-state index is -0.523. The molecule has 3 aromatic rings. The van der Waals surface area contributed by atoms with Gasteiger partial charge in [-0.15, -0.1) is 0 Å². The van der Waals surface area contributed by atoms with Crippen molar-refractivity contribution in [2.75, 3.05) is 13.4 Å². The van der Waals surface area contributed by atoms with Crippen molar-refractivity contribution in [3.05, 3.63) is 71.3 Å². The Balaban J connectivity index is 1.41. The Bertz CT molecular complexity index is 1120. The normalized spacial score (nSPS) is 12.4. The van der Waals surface area contributed by atoms with Gasteiger partial charge in [0.05, 0.1) is 6.21 Å². The van der Waals surface area contributed by atoms with Crippen LogP contribution in [0.25, 0.3) is 5.69 Å². The number of para-hydroxylation sites is 1. The SMILES string of the molecule is Cc1cc(/C=N\NC(=O)COc2ccccc2F)c(C)n1-c1ccc2c(c1)OCO2. The third-order valence-electron chi connectivity index (χ3n) is 4.67. The van der Waals surface area contributed by atoms with Gasteiger partial charge in [-0.25, -0.2) is 9.82 Å². The second kappa shape index (κ2) is 8.28. The molecule has 0 atom stereocenters. The number of benzene rings is 2. The molecule has 8 heteroatoms.